The Morgan fingerprint density at radius 3 is 2.52 bits per heavy atom. The molecular formula is C11H16N2O6S2. The Hall–Kier alpha value is -1.68. The summed E-state index contributed by atoms with van der Waals surface area (Å²) >= 11 is 0.664. The van der Waals surface area contributed by atoms with E-state index in [1.165, 1.54) is 0 Å². The largest absolute Gasteiger partial charge is 0.480 e. The molecule has 0 saturated carbocycles. The number of hydrogen-bond acceptors (Lipinski definition) is 7. The summed E-state index contributed by atoms with van der Waals surface area (Å²) in [5.41, 5.74) is -0.435. The molecule has 1 rings (SSSR count). The van der Waals surface area contributed by atoms with Gasteiger partial charge in [-0.3, -0.25) is 10.1 Å². The van der Waals surface area contributed by atoms with Crippen molar-refractivity contribution >= 4 is 37.8 Å². The minimum atomic E-state index is -3.59. The SMILES string of the molecule is CC[C@H](C)[C@H](Nc1sc(S(C)(=O)=O)cc1[N+](=O)[O-])C(=O)O. The molecule has 0 saturated heterocycles. The van der Waals surface area contributed by atoms with Crippen LogP contribution in [0.15, 0.2) is 10.3 Å². The summed E-state index contributed by atoms with van der Waals surface area (Å²) in [5, 5.41) is 22.7. The van der Waals surface area contributed by atoms with E-state index in [1.807, 2.05) is 0 Å². The summed E-state index contributed by atoms with van der Waals surface area (Å²) < 4.78 is 22.8. The maximum absolute atomic E-state index is 11.5. The van der Waals surface area contributed by atoms with Crippen LogP contribution in [-0.2, 0) is 14.6 Å². The number of carboxylic acid groups (broad SMARTS) is 1. The van der Waals surface area contributed by atoms with Gasteiger partial charge >= 0.3 is 11.7 Å². The van der Waals surface area contributed by atoms with E-state index in [0.717, 1.165) is 12.3 Å². The van der Waals surface area contributed by atoms with Gasteiger partial charge in [-0.15, -0.1) is 0 Å². The maximum Gasteiger partial charge on any atom is 0.326 e. The molecule has 2 atom stereocenters. The molecule has 0 amide bonds. The van der Waals surface area contributed by atoms with Crippen molar-refractivity contribution in [2.24, 2.45) is 5.92 Å². The molecular weight excluding hydrogens is 320 g/mol. The highest BCUT2D eigenvalue weighted by molar-refractivity contribution is 7.92. The lowest BCUT2D eigenvalue weighted by molar-refractivity contribution is -0.383. The van der Waals surface area contributed by atoms with Crippen molar-refractivity contribution in [2.75, 3.05) is 11.6 Å². The normalized spacial score (nSPS) is 14.4. The van der Waals surface area contributed by atoms with Crippen molar-refractivity contribution in [2.45, 2.75) is 30.5 Å². The molecule has 0 aliphatic carbocycles. The summed E-state index contributed by atoms with van der Waals surface area (Å²) in [6.07, 6.45) is 1.50. The summed E-state index contributed by atoms with van der Waals surface area (Å²) in [6.45, 7) is 3.50. The summed E-state index contributed by atoms with van der Waals surface area (Å²) in [7, 11) is -3.59. The van der Waals surface area contributed by atoms with Gasteiger partial charge in [-0.25, -0.2) is 13.2 Å². The first kappa shape index (κ1) is 17.4. The van der Waals surface area contributed by atoms with Crippen LogP contribution in [-0.4, -0.2) is 36.7 Å². The smallest absolute Gasteiger partial charge is 0.326 e. The number of rotatable bonds is 7. The fraction of sp³-hybridized carbons (Fsp3) is 0.545. The van der Waals surface area contributed by atoms with Gasteiger partial charge in [0.15, 0.2) is 14.8 Å². The zero-order valence-electron chi connectivity index (χ0n) is 11.7. The van der Waals surface area contributed by atoms with Crippen molar-refractivity contribution in [3.8, 4) is 0 Å². The molecule has 2 N–H and O–H groups in total. The Morgan fingerprint density at radius 1 is 1.57 bits per heavy atom. The molecule has 1 aromatic heterocycles. The topological polar surface area (TPSA) is 127 Å². The first-order chi connectivity index (χ1) is 9.57. The molecule has 21 heavy (non-hydrogen) atoms. The van der Waals surface area contributed by atoms with E-state index in [4.69, 9.17) is 0 Å². The first-order valence-electron chi connectivity index (χ1n) is 6.05. The second-order valence-electron chi connectivity index (χ2n) is 4.65. The van der Waals surface area contributed by atoms with Gasteiger partial charge in [0.25, 0.3) is 0 Å². The molecule has 10 heteroatoms. The van der Waals surface area contributed by atoms with E-state index in [9.17, 15) is 28.4 Å². The third kappa shape index (κ3) is 4.14. The number of aliphatic carboxylic acids is 1. The molecule has 1 aromatic rings. The summed E-state index contributed by atoms with van der Waals surface area (Å²) in [5.74, 6) is -1.42. The van der Waals surface area contributed by atoms with Crippen LogP contribution in [0.3, 0.4) is 0 Å². The third-order valence-corrected chi connectivity index (χ3v) is 5.87. The van der Waals surface area contributed by atoms with Crippen LogP contribution in [0.5, 0.6) is 0 Å². The number of nitrogens with zero attached hydrogens (tertiary/aromatic N) is 1. The predicted octanol–water partition coefficient (Wildman–Crippen LogP) is 1.97. The fourth-order valence-electron chi connectivity index (χ4n) is 1.61. The fourth-order valence-corrected chi connectivity index (χ4v) is 3.58. The Morgan fingerprint density at radius 2 is 2.14 bits per heavy atom. The highest BCUT2D eigenvalue weighted by atomic mass is 32.2. The number of carbonyl (C=O) groups is 1. The molecule has 0 fully saturated rings. The van der Waals surface area contributed by atoms with Gasteiger partial charge in [-0.2, -0.15) is 0 Å². The summed E-state index contributed by atoms with van der Waals surface area (Å²) in [4.78, 5) is 21.5. The van der Waals surface area contributed by atoms with E-state index in [0.29, 0.717) is 17.8 Å². The molecule has 0 unspecified atom stereocenters. The first-order valence-corrected chi connectivity index (χ1v) is 8.76. The van der Waals surface area contributed by atoms with Crippen LogP contribution in [0.4, 0.5) is 10.7 Å². The monoisotopic (exact) mass is 336 g/mol. The molecule has 1 heterocycles. The molecule has 118 valence electrons. The van der Waals surface area contributed by atoms with Crippen molar-refractivity contribution in [3.63, 3.8) is 0 Å². The van der Waals surface area contributed by atoms with E-state index >= 15 is 0 Å². The average Bonchev–Trinajstić information content (AvgIpc) is 2.78. The lowest BCUT2D eigenvalue weighted by Gasteiger charge is -2.19. The number of sulfone groups is 1. The molecule has 0 aromatic carbocycles. The second kappa shape index (κ2) is 6.39. The van der Waals surface area contributed by atoms with E-state index in [2.05, 4.69) is 5.32 Å². The highest BCUT2D eigenvalue weighted by Gasteiger charge is 2.29. The lowest BCUT2D eigenvalue weighted by atomic mass is 9.99. The number of nitro groups is 1. The van der Waals surface area contributed by atoms with Gasteiger partial charge in [0.05, 0.1) is 4.92 Å². The van der Waals surface area contributed by atoms with E-state index < -0.39 is 32.5 Å². The average molecular weight is 336 g/mol. The standard InChI is InChI=1S/C11H16N2O6S2/c1-4-6(2)9(11(14)15)12-10-7(13(16)17)5-8(20-10)21(3,18)19/h5-6,9,12H,4H2,1-3H3,(H,14,15)/t6-,9-/m0/s1. The molecule has 0 radical (unpaired) electrons. The Bertz CT molecular complexity index is 652. The molecule has 0 aliphatic rings. The molecule has 8 nitrogen and oxygen atoms in total. The van der Waals surface area contributed by atoms with Crippen molar-refractivity contribution in [1.29, 1.82) is 0 Å². The van der Waals surface area contributed by atoms with Crippen LogP contribution in [0.2, 0.25) is 0 Å². The molecule has 0 bridgehead atoms. The van der Waals surface area contributed by atoms with Crippen LogP contribution in [0.25, 0.3) is 0 Å². The van der Waals surface area contributed by atoms with Crippen LogP contribution in [0.1, 0.15) is 20.3 Å². The number of carboxylic acids is 1. The second-order valence-corrected chi connectivity index (χ2v) is 7.95. The number of nitrogens with one attached hydrogen (secondary N) is 1. The minimum absolute atomic E-state index is 0.0619. The minimum Gasteiger partial charge on any atom is -0.480 e. The third-order valence-electron chi connectivity index (χ3n) is 3.02. The highest BCUT2D eigenvalue weighted by Crippen LogP contribution is 2.38. The van der Waals surface area contributed by atoms with E-state index in [1.54, 1.807) is 13.8 Å². The number of hydrogen-bond donors (Lipinski definition) is 2. The molecule has 0 spiro atoms. The lowest BCUT2D eigenvalue weighted by Crippen LogP contribution is -2.35. The van der Waals surface area contributed by atoms with Gasteiger partial charge in [0.1, 0.15) is 10.3 Å². The zero-order valence-corrected chi connectivity index (χ0v) is 13.3. The Balaban J connectivity index is 3.25. The molecule has 0 aliphatic heterocycles. The van der Waals surface area contributed by atoms with Gasteiger partial charge in [0, 0.05) is 12.3 Å². The quantitative estimate of drug-likeness (QED) is 0.575. The van der Waals surface area contributed by atoms with Crippen LogP contribution >= 0.6 is 11.3 Å². The van der Waals surface area contributed by atoms with E-state index in [-0.39, 0.29) is 15.1 Å². The van der Waals surface area contributed by atoms with Crippen molar-refractivity contribution in [1.82, 2.24) is 0 Å². The Kier molecular flexibility index (Phi) is 5.29. The van der Waals surface area contributed by atoms with Crippen molar-refractivity contribution < 1.29 is 23.2 Å². The van der Waals surface area contributed by atoms with Gasteiger partial charge in [-0.1, -0.05) is 31.6 Å². The van der Waals surface area contributed by atoms with Gasteiger partial charge in [-0.05, 0) is 5.92 Å². The zero-order chi connectivity index (χ0) is 16.4. The van der Waals surface area contributed by atoms with Crippen molar-refractivity contribution in [3.05, 3.63) is 16.2 Å². The van der Waals surface area contributed by atoms with Gasteiger partial charge in [0.2, 0.25) is 0 Å². The predicted molar refractivity (Wildman–Crippen MR) is 78.6 cm³/mol. The Labute approximate surface area is 125 Å². The van der Waals surface area contributed by atoms with Crippen LogP contribution in [0, 0.1) is 16.0 Å². The van der Waals surface area contributed by atoms with Gasteiger partial charge < -0.3 is 10.4 Å². The number of anilines is 1. The van der Waals surface area contributed by atoms with Crippen LogP contribution < -0.4 is 5.32 Å². The maximum atomic E-state index is 11.5. The number of thiophene rings is 1. The summed E-state index contributed by atoms with van der Waals surface area (Å²) in [6, 6.07) is -0.0857.